The van der Waals surface area contributed by atoms with Gasteiger partial charge in [-0.15, -0.1) is 0 Å². The molecule has 2 aromatic carbocycles. The van der Waals surface area contributed by atoms with E-state index in [0.717, 1.165) is 29.4 Å². The van der Waals surface area contributed by atoms with Gasteiger partial charge in [-0.3, -0.25) is 14.9 Å². The van der Waals surface area contributed by atoms with Crippen molar-refractivity contribution in [1.82, 2.24) is 10.6 Å². The molecule has 0 saturated carbocycles. The highest BCUT2D eigenvalue weighted by Crippen LogP contribution is 2.25. The van der Waals surface area contributed by atoms with E-state index in [4.69, 9.17) is 0 Å². The van der Waals surface area contributed by atoms with Gasteiger partial charge in [0.1, 0.15) is 0 Å². The Kier molecular flexibility index (Phi) is 4.79. The minimum Gasteiger partial charge on any atom is -0.316 e. The van der Waals surface area contributed by atoms with Crippen LogP contribution in [0.5, 0.6) is 0 Å². The summed E-state index contributed by atoms with van der Waals surface area (Å²) in [5, 5.41) is 4.91. The molecule has 1 aliphatic heterocycles. The van der Waals surface area contributed by atoms with Crippen LogP contribution in [0.4, 0.5) is 4.79 Å². The zero-order chi connectivity index (χ0) is 16.2. The van der Waals surface area contributed by atoms with Crippen LogP contribution in [-0.2, 0) is 17.8 Å². The van der Waals surface area contributed by atoms with Crippen LogP contribution in [0, 0.1) is 0 Å². The van der Waals surface area contributed by atoms with Crippen molar-refractivity contribution in [3.05, 3.63) is 59.7 Å². The molecule has 1 heterocycles. The minimum absolute atomic E-state index is 0.191. The van der Waals surface area contributed by atoms with Crippen molar-refractivity contribution in [2.24, 2.45) is 0 Å². The smallest absolute Gasteiger partial charge is 0.286 e. The molecule has 1 unspecified atom stereocenters. The number of benzene rings is 2. The van der Waals surface area contributed by atoms with Gasteiger partial charge in [0.2, 0.25) is 5.91 Å². The summed E-state index contributed by atoms with van der Waals surface area (Å²) in [6, 6.07) is 16.6. The number of carbonyl (C=O) groups excluding carboxylic acids is 2. The van der Waals surface area contributed by atoms with Gasteiger partial charge in [-0.1, -0.05) is 54.2 Å². The van der Waals surface area contributed by atoms with Crippen LogP contribution in [-0.4, -0.2) is 23.4 Å². The molecule has 23 heavy (non-hydrogen) atoms. The van der Waals surface area contributed by atoms with E-state index in [0.29, 0.717) is 6.42 Å². The third kappa shape index (κ3) is 3.81. The number of hydrogen-bond donors (Lipinski definition) is 2. The summed E-state index contributed by atoms with van der Waals surface area (Å²) in [7, 11) is 1.93. The monoisotopic (exact) mass is 326 g/mol. The van der Waals surface area contributed by atoms with Crippen LogP contribution in [0.2, 0.25) is 0 Å². The van der Waals surface area contributed by atoms with Crippen molar-refractivity contribution in [1.29, 1.82) is 0 Å². The van der Waals surface area contributed by atoms with Crippen LogP contribution in [0.25, 0.3) is 11.1 Å². The number of rotatable bonds is 5. The summed E-state index contributed by atoms with van der Waals surface area (Å²) in [6.07, 6.45) is 0.572. The van der Waals surface area contributed by atoms with Crippen LogP contribution in [0.3, 0.4) is 0 Å². The Hall–Kier alpha value is -2.11. The number of imide groups is 1. The lowest BCUT2D eigenvalue weighted by Gasteiger charge is -2.08. The first-order valence-corrected chi connectivity index (χ1v) is 8.38. The lowest BCUT2D eigenvalue weighted by molar-refractivity contribution is -0.118. The molecule has 0 spiro atoms. The van der Waals surface area contributed by atoms with Gasteiger partial charge in [-0.2, -0.15) is 0 Å². The fourth-order valence-electron chi connectivity index (χ4n) is 2.64. The maximum absolute atomic E-state index is 11.6. The normalized spacial score (nSPS) is 17.3. The van der Waals surface area contributed by atoms with E-state index in [1.54, 1.807) is 0 Å². The minimum atomic E-state index is -0.313. The van der Waals surface area contributed by atoms with Crippen molar-refractivity contribution in [3.63, 3.8) is 0 Å². The van der Waals surface area contributed by atoms with Crippen LogP contribution >= 0.6 is 11.8 Å². The Labute approximate surface area is 139 Å². The van der Waals surface area contributed by atoms with Crippen molar-refractivity contribution in [3.8, 4) is 11.1 Å². The molecule has 1 aliphatic rings. The maximum atomic E-state index is 11.6. The summed E-state index contributed by atoms with van der Waals surface area (Å²) >= 11 is 1.07. The highest BCUT2D eigenvalue weighted by atomic mass is 32.2. The fourth-order valence-corrected chi connectivity index (χ4v) is 3.50. The van der Waals surface area contributed by atoms with E-state index < -0.39 is 0 Å². The van der Waals surface area contributed by atoms with Gasteiger partial charge in [0.05, 0.1) is 5.25 Å². The van der Waals surface area contributed by atoms with Crippen LogP contribution in [0.15, 0.2) is 48.5 Å². The van der Waals surface area contributed by atoms with Gasteiger partial charge in [0, 0.05) is 6.54 Å². The highest BCUT2D eigenvalue weighted by molar-refractivity contribution is 8.15. The topological polar surface area (TPSA) is 58.2 Å². The Morgan fingerprint density at radius 1 is 1.04 bits per heavy atom. The lowest BCUT2D eigenvalue weighted by atomic mass is 10.0. The van der Waals surface area contributed by atoms with Gasteiger partial charge < -0.3 is 5.32 Å². The standard InChI is InChI=1S/C18H18N2O2S/c1-19-11-13-3-2-4-15(9-13)14-7-5-12(6-8-14)10-16-17(21)20-18(22)23-16/h2-9,16,19H,10-11H2,1H3,(H,20,21,22). The number of thioether (sulfide) groups is 1. The van der Waals surface area contributed by atoms with E-state index in [1.807, 2.05) is 19.2 Å². The predicted octanol–water partition coefficient (Wildman–Crippen LogP) is 2.97. The predicted molar refractivity (Wildman–Crippen MR) is 93.3 cm³/mol. The van der Waals surface area contributed by atoms with E-state index in [2.05, 4.69) is 47.0 Å². The van der Waals surface area contributed by atoms with E-state index in [-0.39, 0.29) is 16.4 Å². The number of carbonyl (C=O) groups is 2. The molecule has 5 heteroatoms. The van der Waals surface area contributed by atoms with Gasteiger partial charge in [-0.25, -0.2) is 0 Å². The Balaban J connectivity index is 1.73. The molecular weight excluding hydrogens is 308 g/mol. The van der Waals surface area contributed by atoms with Gasteiger partial charge >= 0.3 is 0 Å². The van der Waals surface area contributed by atoms with Gasteiger partial charge in [-0.05, 0) is 41.8 Å². The molecule has 2 aromatic rings. The van der Waals surface area contributed by atoms with Crippen LogP contribution in [0.1, 0.15) is 11.1 Å². The quantitative estimate of drug-likeness (QED) is 0.887. The maximum Gasteiger partial charge on any atom is 0.286 e. The Bertz CT molecular complexity index is 728. The van der Waals surface area contributed by atoms with Crippen molar-refractivity contribution >= 4 is 22.9 Å². The van der Waals surface area contributed by atoms with E-state index in [9.17, 15) is 9.59 Å². The van der Waals surface area contributed by atoms with E-state index in [1.165, 1.54) is 11.1 Å². The summed E-state index contributed by atoms with van der Waals surface area (Å²) in [5.41, 5.74) is 4.62. The number of hydrogen-bond acceptors (Lipinski definition) is 4. The second-order valence-electron chi connectivity index (χ2n) is 5.51. The molecule has 118 valence electrons. The van der Waals surface area contributed by atoms with Crippen LogP contribution < -0.4 is 10.6 Å². The summed E-state index contributed by atoms with van der Waals surface area (Å²) < 4.78 is 0. The average molecular weight is 326 g/mol. The first-order valence-electron chi connectivity index (χ1n) is 7.50. The molecule has 0 bridgehead atoms. The first-order chi connectivity index (χ1) is 11.2. The molecule has 0 aromatic heterocycles. The number of amides is 2. The molecule has 0 aliphatic carbocycles. The van der Waals surface area contributed by atoms with Crippen molar-refractivity contribution in [2.45, 2.75) is 18.2 Å². The molecule has 0 radical (unpaired) electrons. The summed E-state index contributed by atoms with van der Waals surface area (Å²) in [5.74, 6) is -0.191. The molecule has 1 atom stereocenters. The third-order valence-corrected chi connectivity index (χ3v) is 4.76. The Morgan fingerprint density at radius 3 is 2.48 bits per heavy atom. The molecule has 1 fully saturated rings. The average Bonchev–Trinajstić information content (AvgIpc) is 2.86. The zero-order valence-electron chi connectivity index (χ0n) is 12.8. The van der Waals surface area contributed by atoms with Gasteiger partial charge in [0.15, 0.2) is 0 Å². The molecule has 2 amide bonds. The summed E-state index contributed by atoms with van der Waals surface area (Å²) in [6.45, 7) is 0.841. The summed E-state index contributed by atoms with van der Waals surface area (Å²) in [4.78, 5) is 22.8. The van der Waals surface area contributed by atoms with Crippen molar-refractivity contribution in [2.75, 3.05) is 7.05 Å². The largest absolute Gasteiger partial charge is 0.316 e. The third-order valence-electron chi connectivity index (χ3n) is 3.78. The first kappa shape index (κ1) is 15.8. The lowest BCUT2D eigenvalue weighted by Crippen LogP contribution is -2.25. The highest BCUT2D eigenvalue weighted by Gasteiger charge is 2.31. The zero-order valence-corrected chi connectivity index (χ0v) is 13.7. The second kappa shape index (κ2) is 6.98. The molecular formula is C18H18N2O2S. The fraction of sp³-hybridized carbons (Fsp3) is 0.222. The van der Waals surface area contributed by atoms with Crippen molar-refractivity contribution < 1.29 is 9.59 Å². The van der Waals surface area contributed by atoms with Gasteiger partial charge in [0.25, 0.3) is 5.24 Å². The Morgan fingerprint density at radius 2 is 1.83 bits per heavy atom. The second-order valence-corrected chi connectivity index (χ2v) is 6.69. The molecule has 2 N–H and O–H groups in total. The SMILES string of the molecule is CNCc1cccc(-c2ccc(CC3SC(=O)NC3=O)cc2)c1. The van der Waals surface area contributed by atoms with E-state index >= 15 is 0 Å². The number of nitrogens with one attached hydrogen (secondary N) is 2. The molecule has 3 rings (SSSR count). The molecule has 1 saturated heterocycles. The molecule has 4 nitrogen and oxygen atoms in total.